The van der Waals surface area contributed by atoms with Crippen molar-refractivity contribution in [3.05, 3.63) is 88.2 Å². The Balaban J connectivity index is 1.64. The first kappa shape index (κ1) is 25.6. The maximum Gasteiger partial charge on any atom is 0.266 e. The van der Waals surface area contributed by atoms with Crippen LogP contribution < -0.4 is 10.9 Å². The number of carbonyl (C=O) groups is 1. The molecule has 0 aliphatic carbocycles. The van der Waals surface area contributed by atoms with Gasteiger partial charge in [0, 0.05) is 19.8 Å². The number of aryl methyl sites for hydroxylation is 2. The molecule has 0 bridgehead atoms. The van der Waals surface area contributed by atoms with E-state index in [1.165, 1.54) is 30.8 Å². The van der Waals surface area contributed by atoms with Gasteiger partial charge in [0.15, 0.2) is 5.16 Å². The largest absolute Gasteiger partial charge is 0.325 e. The lowest BCUT2D eigenvalue weighted by atomic mass is 10.1. The molecule has 4 aromatic rings. The summed E-state index contributed by atoms with van der Waals surface area (Å²) >= 11 is 1.14. The Labute approximate surface area is 214 Å². The van der Waals surface area contributed by atoms with E-state index in [0.29, 0.717) is 27.4 Å². The molecule has 1 N–H and O–H groups in total. The number of hydrogen-bond donors (Lipinski definition) is 1. The number of sulfonamides is 1. The molecular weight excluding hydrogens is 496 g/mol. The van der Waals surface area contributed by atoms with Gasteiger partial charge >= 0.3 is 0 Å². The highest BCUT2D eigenvalue weighted by atomic mass is 32.2. The summed E-state index contributed by atoms with van der Waals surface area (Å²) in [7, 11) is -0.736. The zero-order chi connectivity index (χ0) is 26.0. The summed E-state index contributed by atoms with van der Waals surface area (Å²) in [6.07, 6.45) is 0. The Kier molecular flexibility index (Phi) is 7.30. The summed E-state index contributed by atoms with van der Waals surface area (Å²) in [5.74, 6) is -0.381. The van der Waals surface area contributed by atoms with Crippen LogP contribution in [0.3, 0.4) is 0 Å². The molecule has 0 atom stereocenters. The zero-order valence-electron chi connectivity index (χ0n) is 20.3. The highest BCUT2D eigenvalue weighted by Gasteiger charge is 2.19. The molecule has 0 unspecified atom stereocenters. The number of anilines is 1. The van der Waals surface area contributed by atoms with Crippen molar-refractivity contribution in [2.75, 3.05) is 25.2 Å². The van der Waals surface area contributed by atoms with E-state index in [-0.39, 0.29) is 22.1 Å². The molecule has 36 heavy (non-hydrogen) atoms. The molecule has 8 nitrogen and oxygen atoms in total. The van der Waals surface area contributed by atoms with Gasteiger partial charge < -0.3 is 5.32 Å². The molecule has 0 radical (unpaired) electrons. The average Bonchev–Trinajstić information content (AvgIpc) is 2.82. The van der Waals surface area contributed by atoms with E-state index >= 15 is 0 Å². The third-order valence-electron chi connectivity index (χ3n) is 5.44. The highest BCUT2D eigenvalue weighted by molar-refractivity contribution is 7.99. The predicted octanol–water partition coefficient (Wildman–Crippen LogP) is 3.98. The molecule has 1 heterocycles. The smallest absolute Gasteiger partial charge is 0.266 e. The Hall–Kier alpha value is -3.47. The second-order valence-corrected chi connectivity index (χ2v) is 11.6. The maximum absolute atomic E-state index is 13.4. The maximum atomic E-state index is 13.4. The van der Waals surface area contributed by atoms with Crippen LogP contribution in [-0.2, 0) is 14.8 Å². The summed E-state index contributed by atoms with van der Waals surface area (Å²) in [5.41, 5.74) is 3.39. The summed E-state index contributed by atoms with van der Waals surface area (Å²) in [4.78, 5) is 31.0. The van der Waals surface area contributed by atoms with Crippen LogP contribution in [0.15, 0.2) is 81.6 Å². The number of hydrogen-bond acceptors (Lipinski definition) is 6. The van der Waals surface area contributed by atoms with Crippen LogP contribution in [0.1, 0.15) is 11.1 Å². The van der Waals surface area contributed by atoms with Gasteiger partial charge in [0.25, 0.3) is 5.56 Å². The third kappa shape index (κ3) is 5.35. The normalized spacial score (nSPS) is 11.7. The summed E-state index contributed by atoms with van der Waals surface area (Å²) in [6.45, 7) is 3.92. The minimum atomic E-state index is -3.63. The lowest BCUT2D eigenvalue weighted by Crippen LogP contribution is -2.23. The first-order chi connectivity index (χ1) is 17.1. The number of nitrogens with one attached hydrogen (secondary N) is 1. The number of aromatic nitrogens is 2. The van der Waals surface area contributed by atoms with Crippen LogP contribution in [-0.4, -0.2) is 48.0 Å². The van der Waals surface area contributed by atoms with Gasteiger partial charge in [-0.3, -0.25) is 14.2 Å². The fourth-order valence-electron chi connectivity index (χ4n) is 3.79. The molecule has 10 heteroatoms. The van der Waals surface area contributed by atoms with Gasteiger partial charge in [0.05, 0.1) is 27.2 Å². The van der Waals surface area contributed by atoms with Gasteiger partial charge in [-0.25, -0.2) is 17.7 Å². The summed E-state index contributed by atoms with van der Waals surface area (Å²) in [5, 5.41) is 3.62. The molecule has 3 aromatic carbocycles. The van der Waals surface area contributed by atoms with Crippen molar-refractivity contribution in [2.45, 2.75) is 23.9 Å². The van der Waals surface area contributed by atoms with Crippen LogP contribution >= 0.6 is 11.8 Å². The number of fused-ring (bicyclic) bond motifs is 1. The fraction of sp³-hybridized carbons (Fsp3) is 0.192. The topological polar surface area (TPSA) is 101 Å². The van der Waals surface area contributed by atoms with Crippen LogP contribution in [0.25, 0.3) is 16.6 Å². The molecule has 0 fully saturated rings. The van der Waals surface area contributed by atoms with E-state index in [1.807, 2.05) is 38.1 Å². The number of thioether (sulfide) groups is 1. The van der Waals surface area contributed by atoms with Gasteiger partial charge in [-0.2, -0.15) is 0 Å². The van der Waals surface area contributed by atoms with E-state index in [2.05, 4.69) is 10.3 Å². The molecule has 0 aliphatic rings. The minimum Gasteiger partial charge on any atom is -0.325 e. The second-order valence-electron chi connectivity index (χ2n) is 8.55. The minimum absolute atomic E-state index is 0.0275. The van der Waals surface area contributed by atoms with Crippen molar-refractivity contribution < 1.29 is 13.2 Å². The summed E-state index contributed by atoms with van der Waals surface area (Å²) < 4.78 is 27.5. The van der Waals surface area contributed by atoms with Gasteiger partial charge in [0.2, 0.25) is 15.9 Å². The van der Waals surface area contributed by atoms with Crippen LogP contribution in [0, 0.1) is 13.8 Å². The van der Waals surface area contributed by atoms with E-state index in [4.69, 9.17) is 0 Å². The number of carbonyl (C=O) groups excluding carboxylic acids is 1. The van der Waals surface area contributed by atoms with Gasteiger partial charge in [0.1, 0.15) is 0 Å². The van der Waals surface area contributed by atoms with E-state index in [0.717, 1.165) is 27.2 Å². The Morgan fingerprint density at radius 1 is 1.00 bits per heavy atom. The van der Waals surface area contributed by atoms with Gasteiger partial charge in [-0.05, 0) is 67.4 Å². The predicted molar refractivity (Wildman–Crippen MR) is 143 cm³/mol. The molecule has 1 amide bonds. The average molecular weight is 523 g/mol. The van der Waals surface area contributed by atoms with E-state index in [9.17, 15) is 18.0 Å². The standard InChI is InChI=1S/C26H26N4O4S2/c1-17-12-18(2)14-20(13-17)30-25(32)22-10-5-6-11-23(22)28-26(30)35-16-24(31)27-19-8-7-9-21(15-19)36(33,34)29(3)4/h5-15H,16H2,1-4H3,(H,27,31). The van der Waals surface area contributed by atoms with E-state index < -0.39 is 10.0 Å². The fourth-order valence-corrected chi connectivity index (χ4v) is 5.55. The Morgan fingerprint density at radius 3 is 2.39 bits per heavy atom. The highest BCUT2D eigenvalue weighted by Crippen LogP contribution is 2.24. The number of benzene rings is 3. The first-order valence-electron chi connectivity index (χ1n) is 11.1. The van der Waals surface area contributed by atoms with Crippen LogP contribution in [0.5, 0.6) is 0 Å². The molecule has 0 saturated heterocycles. The molecular formula is C26H26N4O4S2. The lowest BCUT2D eigenvalue weighted by molar-refractivity contribution is -0.113. The molecule has 1 aromatic heterocycles. The van der Waals surface area contributed by atoms with Crippen molar-refractivity contribution in [3.63, 3.8) is 0 Å². The first-order valence-corrected chi connectivity index (χ1v) is 13.5. The van der Waals surface area contributed by atoms with Crippen molar-refractivity contribution >= 4 is 44.3 Å². The number of nitrogens with zero attached hydrogens (tertiary/aromatic N) is 3. The van der Waals surface area contributed by atoms with Crippen LogP contribution in [0.2, 0.25) is 0 Å². The van der Waals surface area contributed by atoms with Crippen LogP contribution in [0.4, 0.5) is 5.69 Å². The Morgan fingerprint density at radius 2 is 1.69 bits per heavy atom. The molecule has 0 saturated carbocycles. The molecule has 0 aliphatic heterocycles. The monoisotopic (exact) mass is 522 g/mol. The van der Waals surface area contributed by atoms with Crippen molar-refractivity contribution in [3.8, 4) is 5.69 Å². The van der Waals surface area contributed by atoms with Gasteiger partial charge in [-0.15, -0.1) is 0 Å². The van der Waals surface area contributed by atoms with Gasteiger partial charge in [-0.1, -0.05) is 36.0 Å². The lowest BCUT2D eigenvalue weighted by Gasteiger charge is -2.15. The quantitative estimate of drug-likeness (QED) is 0.291. The zero-order valence-corrected chi connectivity index (χ0v) is 22.0. The van der Waals surface area contributed by atoms with E-state index in [1.54, 1.807) is 30.3 Å². The molecule has 4 rings (SSSR count). The summed E-state index contributed by atoms with van der Waals surface area (Å²) in [6, 6.07) is 19.0. The molecule has 0 spiro atoms. The van der Waals surface area contributed by atoms with Crippen molar-refractivity contribution in [2.24, 2.45) is 0 Å². The molecule has 186 valence electrons. The Bertz CT molecular complexity index is 1610. The number of amides is 1. The van der Waals surface area contributed by atoms with Crippen molar-refractivity contribution in [1.82, 2.24) is 13.9 Å². The number of para-hydroxylation sites is 1. The van der Waals surface area contributed by atoms with Crippen molar-refractivity contribution in [1.29, 1.82) is 0 Å². The SMILES string of the molecule is Cc1cc(C)cc(-n2c(SCC(=O)Nc3cccc(S(=O)(=O)N(C)C)c3)nc3ccccc3c2=O)c1. The number of rotatable bonds is 7. The third-order valence-corrected chi connectivity index (χ3v) is 8.19. The second kappa shape index (κ2) is 10.3.